The van der Waals surface area contributed by atoms with Crippen molar-refractivity contribution in [1.82, 2.24) is 10.2 Å². The van der Waals surface area contributed by atoms with Gasteiger partial charge in [0.15, 0.2) is 6.61 Å². The number of nitrogens with zero attached hydrogens (tertiary/aromatic N) is 2. The third-order valence-electron chi connectivity index (χ3n) is 3.41. The average molecular weight is 344 g/mol. The summed E-state index contributed by atoms with van der Waals surface area (Å²) < 4.78 is 15.6. The van der Waals surface area contributed by atoms with Crippen LogP contribution in [0.25, 0.3) is 11.1 Å². The third kappa shape index (κ3) is 3.46. The average Bonchev–Trinajstić information content (AvgIpc) is 3.18. The first-order valence-corrected chi connectivity index (χ1v) is 8.09. The quantitative estimate of drug-likeness (QED) is 0.656. The maximum Gasteiger partial charge on any atom is 0.348 e. The van der Waals surface area contributed by atoms with Crippen molar-refractivity contribution >= 4 is 17.3 Å². The summed E-state index contributed by atoms with van der Waals surface area (Å²) >= 11 is 1.40. The lowest BCUT2D eigenvalue weighted by molar-refractivity contribution is 0.0442. The van der Waals surface area contributed by atoms with Crippen LogP contribution >= 0.6 is 11.3 Å². The second-order valence-electron chi connectivity index (χ2n) is 5.10. The lowest BCUT2D eigenvalue weighted by Gasteiger charge is -2.02. The summed E-state index contributed by atoms with van der Waals surface area (Å²) in [4.78, 5) is 13.8. The number of carbonyl (C=O) groups excluding carboxylic acids is 1. The maximum absolute atomic E-state index is 12.2. The van der Waals surface area contributed by atoms with E-state index in [4.69, 9.17) is 13.9 Å². The smallest absolute Gasteiger partial charge is 0.348 e. The zero-order chi connectivity index (χ0) is 17.1. The molecule has 0 radical (unpaired) electrons. The molecule has 0 atom stereocenters. The van der Waals surface area contributed by atoms with Crippen molar-refractivity contribution in [1.29, 1.82) is 0 Å². The molecule has 24 heavy (non-hydrogen) atoms. The Bertz CT molecular complexity index is 852. The van der Waals surface area contributed by atoms with Crippen molar-refractivity contribution in [2.24, 2.45) is 0 Å². The van der Waals surface area contributed by atoms with Crippen LogP contribution in [0.2, 0.25) is 0 Å². The zero-order valence-corrected chi connectivity index (χ0v) is 14.3. The molecule has 0 aliphatic rings. The first kappa shape index (κ1) is 16.2. The molecule has 0 unspecified atom stereocenters. The summed E-state index contributed by atoms with van der Waals surface area (Å²) in [6, 6.07) is 9.54. The number of carbonyl (C=O) groups is 1. The molecule has 1 aromatic carbocycles. The van der Waals surface area contributed by atoms with Crippen molar-refractivity contribution in [3.63, 3.8) is 0 Å². The monoisotopic (exact) mass is 344 g/mol. The Labute approximate surface area is 143 Å². The highest BCUT2D eigenvalue weighted by Gasteiger charge is 2.16. The number of hydrogen-bond acceptors (Lipinski definition) is 7. The van der Waals surface area contributed by atoms with E-state index in [0.717, 1.165) is 21.8 Å². The van der Waals surface area contributed by atoms with Crippen molar-refractivity contribution in [2.75, 3.05) is 7.11 Å². The molecule has 2 heterocycles. The van der Waals surface area contributed by atoms with E-state index >= 15 is 0 Å². The van der Waals surface area contributed by atoms with Gasteiger partial charge in [-0.3, -0.25) is 0 Å². The molecule has 0 aliphatic carbocycles. The Balaban J connectivity index is 1.73. The number of esters is 1. The van der Waals surface area contributed by atoms with Gasteiger partial charge in [-0.15, -0.1) is 21.5 Å². The fourth-order valence-electron chi connectivity index (χ4n) is 2.23. The summed E-state index contributed by atoms with van der Waals surface area (Å²) in [5.41, 5.74) is 2.03. The molecule has 124 valence electrons. The van der Waals surface area contributed by atoms with Crippen LogP contribution < -0.4 is 4.74 Å². The van der Waals surface area contributed by atoms with Gasteiger partial charge >= 0.3 is 5.97 Å². The van der Waals surface area contributed by atoms with Crippen LogP contribution in [0.4, 0.5) is 0 Å². The van der Waals surface area contributed by atoms with Crippen molar-refractivity contribution < 1.29 is 18.7 Å². The Hall–Kier alpha value is -2.67. The molecule has 6 nitrogen and oxygen atoms in total. The van der Waals surface area contributed by atoms with E-state index in [1.807, 2.05) is 37.3 Å². The first-order chi connectivity index (χ1) is 11.6. The summed E-state index contributed by atoms with van der Waals surface area (Å²) in [5.74, 6) is 1.11. The van der Waals surface area contributed by atoms with E-state index in [2.05, 4.69) is 10.2 Å². The molecule has 0 fully saturated rings. The van der Waals surface area contributed by atoms with E-state index in [-0.39, 0.29) is 12.5 Å². The van der Waals surface area contributed by atoms with Gasteiger partial charge in [-0.1, -0.05) is 12.1 Å². The predicted molar refractivity (Wildman–Crippen MR) is 89.2 cm³/mol. The molecule has 7 heteroatoms. The van der Waals surface area contributed by atoms with E-state index < -0.39 is 5.97 Å². The van der Waals surface area contributed by atoms with Crippen molar-refractivity contribution in [3.05, 3.63) is 51.9 Å². The predicted octanol–water partition coefficient (Wildman–Crippen LogP) is 3.78. The van der Waals surface area contributed by atoms with E-state index in [1.165, 1.54) is 11.3 Å². The number of aromatic nitrogens is 2. The molecule has 0 bridgehead atoms. The largest absolute Gasteiger partial charge is 0.497 e. The third-order valence-corrected chi connectivity index (χ3v) is 4.45. The minimum atomic E-state index is -0.404. The molecule has 0 amide bonds. The number of aryl methyl sites for hydroxylation is 2. The lowest BCUT2D eigenvalue weighted by atomic mass is 10.1. The van der Waals surface area contributed by atoms with E-state index in [9.17, 15) is 4.79 Å². The van der Waals surface area contributed by atoms with Gasteiger partial charge in [0, 0.05) is 11.8 Å². The SMILES string of the molecule is COc1ccc(-c2cc(C(=O)OCc3nnc(C)o3)sc2C)cc1. The van der Waals surface area contributed by atoms with Crippen LogP contribution in [0.1, 0.15) is 26.3 Å². The molecule has 2 aromatic heterocycles. The standard InChI is InChI=1S/C17H16N2O4S/c1-10-14(12-4-6-13(21-3)7-5-12)8-15(24-10)17(20)22-9-16-19-18-11(2)23-16/h4-8H,9H2,1-3H3. The van der Waals surface area contributed by atoms with Crippen molar-refractivity contribution in [2.45, 2.75) is 20.5 Å². The van der Waals surface area contributed by atoms with E-state index in [1.54, 1.807) is 14.0 Å². The van der Waals surface area contributed by atoms with Crippen LogP contribution in [0.3, 0.4) is 0 Å². The highest BCUT2D eigenvalue weighted by atomic mass is 32.1. The van der Waals surface area contributed by atoms with Crippen LogP contribution in [-0.4, -0.2) is 23.3 Å². The second-order valence-corrected chi connectivity index (χ2v) is 6.36. The normalized spacial score (nSPS) is 10.6. The van der Waals surface area contributed by atoms with Crippen LogP contribution in [-0.2, 0) is 11.3 Å². The van der Waals surface area contributed by atoms with Gasteiger partial charge < -0.3 is 13.9 Å². The number of methoxy groups -OCH3 is 1. The van der Waals surface area contributed by atoms with Gasteiger partial charge in [-0.25, -0.2) is 4.79 Å². The molecule has 0 spiro atoms. The first-order valence-electron chi connectivity index (χ1n) is 7.28. The van der Waals surface area contributed by atoms with Crippen molar-refractivity contribution in [3.8, 4) is 16.9 Å². The number of hydrogen-bond donors (Lipinski definition) is 0. The van der Waals surface area contributed by atoms with Gasteiger partial charge in [0.05, 0.1) is 7.11 Å². The summed E-state index contributed by atoms with van der Waals surface area (Å²) in [6.45, 7) is 3.62. The lowest BCUT2D eigenvalue weighted by Crippen LogP contribution is -2.03. The Kier molecular flexibility index (Phi) is 4.61. The van der Waals surface area contributed by atoms with Crippen LogP contribution in [0.5, 0.6) is 5.75 Å². The summed E-state index contributed by atoms with van der Waals surface area (Å²) in [5, 5.41) is 7.49. The number of rotatable bonds is 5. The Morgan fingerprint density at radius 3 is 2.58 bits per heavy atom. The summed E-state index contributed by atoms with van der Waals surface area (Å²) in [6.07, 6.45) is 0. The molecule has 3 aromatic rings. The molecule has 0 saturated heterocycles. The molecule has 0 saturated carbocycles. The Morgan fingerprint density at radius 1 is 1.21 bits per heavy atom. The highest BCUT2D eigenvalue weighted by Crippen LogP contribution is 2.32. The van der Waals surface area contributed by atoms with Gasteiger partial charge in [0.25, 0.3) is 5.89 Å². The van der Waals surface area contributed by atoms with Gasteiger partial charge in [-0.2, -0.15) is 0 Å². The number of benzene rings is 1. The fourth-order valence-corrected chi connectivity index (χ4v) is 3.17. The minimum Gasteiger partial charge on any atom is -0.497 e. The number of thiophene rings is 1. The zero-order valence-electron chi connectivity index (χ0n) is 13.5. The topological polar surface area (TPSA) is 74.5 Å². The van der Waals surface area contributed by atoms with Gasteiger partial charge in [-0.05, 0) is 36.2 Å². The maximum atomic E-state index is 12.2. The number of ether oxygens (including phenoxy) is 2. The van der Waals surface area contributed by atoms with Crippen LogP contribution in [0, 0.1) is 13.8 Å². The molecule has 0 aliphatic heterocycles. The van der Waals surface area contributed by atoms with Gasteiger partial charge in [0.1, 0.15) is 10.6 Å². The molecular formula is C17H16N2O4S. The second kappa shape index (κ2) is 6.84. The molecule has 0 N–H and O–H groups in total. The molecule has 3 rings (SSSR count). The van der Waals surface area contributed by atoms with Crippen LogP contribution in [0.15, 0.2) is 34.7 Å². The highest BCUT2D eigenvalue weighted by molar-refractivity contribution is 7.14. The molecular weight excluding hydrogens is 328 g/mol. The minimum absolute atomic E-state index is 0.0332. The van der Waals surface area contributed by atoms with E-state index in [0.29, 0.717) is 10.8 Å². The Morgan fingerprint density at radius 2 is 1.96 bits per heavy atom. The summed E-state index contributed by atoms with van der Waals surface area (Å²) in [7, 11) is 1.63. The fraction of sp³-hybridized carbons (Fsp3) is 0.235. The van der Waals surface area contributed by atoms with Gasteiger partial charge in [0.2, 0.25) is 5.89 Å².